The number of hydrogen-bond acceptors (Lipinski definition) is 4. The van der Waals surface area contributed by atoms with Gasteiger partial charge >= 0.3 is 0 Å². The second kappa shape index (κ2) is 9.38. The van der Waals surface area contributed by atoms with Crippen LogP contribution in [0.4, 0.5) is 5.69 Å². The van der Waals surface area contributed by atoms with Gasteiger partial charge in [0.05, 0.1) is 23.7 Å². The topological polar surface area (TPSA) is 41.0 Å². The summed E-state index contributed by atoms with van der Waals surface area (Å²) in [5, 5.41) is 0. The fourth-order valence-corrected chi connectivity index (χ4v) is 4.80. The summed E-state index contributed by atoms with van der Waals surface area (Å²) in [7, 11) is 4.33. The van der Waals surface area contributed by atoms with Gasteiger partial charge in [0.25, 0.3) is 0 Å². The maximum absolute atomic E-state index is 7.30. The van der Waals surface area contributed by atoms with Crippen molar-refractivity contribution in [1.29, 1.82) is 0 Å². The Hall–Kier alpha value is -3.53. The van der Waals surface area contributed by atoms with E-state index in [2.05, 4.69) is 64.3 Å². The molecule has 0 unspecified atom stereocenters. The van der Waals surface area contributed by atoms with Gasteiger partial charge in [-0.1, -0.05) is 54.1 Å². The minimum absolute atomic E-state index is 0.625. The third kappa shape index (κ3) is 4.33. The number of nitrogens with zero attached hydrogens (tertiary/aromatic N) is 6. The van der Waals surface area contributed by atoms with E-state index in [0.29, 0.717) is 11.7 Å². The van der Waals surface area contributed by atoms with Crippen LogP contribution in [0.15, 0.2) is 60.9 Å². The van der Waals surface area contributed by atoms with Crippen LogP contribution in [-0.2, 0) is 6.42 Å². The summed E-state index contributed by atoms with van der Waals surface area (Å²) in [6.45, 7) is 12.6. The first-order chi connectivity index (χ1) is 16.5. The molecule has 6 heteroatoms. The molecule has 172 valence electrons. The molecule has 0 N–H and O–H groups in total. The Kier molecular flexibility index (Phi) is 6.14. The maximum Gasteiger partial charge on any atom is 0.187 e. The van der Waals surface area contributed by atoms with E-state index in [1.54, 1.807) is 0 Å². The second-order valence-corrected chi connectivity index (χ2v) is 9.36. The molecule has 0 spiro atoms. The highest BCUT2D eigenvalue weighted by atomic mass is 15.2. The highest BCUT2D eigenvalue weighted by Crippen LogP contribution is 2.33. The van der Waals surface area contributed by atoms with Crippen LogP contribution in [0.1, 0.15) is 17.7 Å². The largest absolute Gasteiger partial charge is 0.305 e. The van der Waals surface area contributed by atoms with E-state index in [-0.39, 0.29) is 0 Å². The predicted octanol–water partition coefficient (Wildman–Crippen LogP) is 5.10. The van der Waals surface area contributed by atoms with Crippen LogP contribution in [0, 0.1) is 13.5 Å². The van der Waals surface area contributed by atoms with Gasteiger partial charge in [0.2, 0.25) is 0 Å². The van der Waals surface area contributed by atoms with Crippen LogP contribution < -0.4 is 0 Å². The molecule has 1 fully saturated rings. The molecule has 1 aliphatic rings. The van der Waals surface area contributed by atoms with Crippen LogP contribution in [-0.4, -0.2) is 63.9 Å². The normalized spacial score (nSPS) is 16.4. The molecule has 0 amide bonds. The van der Waals surface area contributed by atoms with E-state index < -0.39 is 0 Å². The van der Waals surface area contributed by atoms with Crippen molar-refractivity contribution >= 4 is 11.3 Å². The summed E-state index contributed by atoms with van der Waals surface area (Å²) < 4.78 is 2.18. The predicted molar refractivity (Wildman–Crippen MR) is 137 cm³/mol. The molecule has 6 nitrogen and oxygen atoms in total. The lowest BCUT2D eigenvalue weighted by molar-refractivity contribution is 0.270. The zero-order chi connectivity index (χ0) is 23.7. The molecule has 0 aliphatic carbocycles. The van der Waals surface area contributed by atoms with Crippen molar-refractivity contribution in [1.82, 2.24) is 24.2 Å². The molecule has 1 aliphatic heterocycles. The summed E-state index contributed by atoms with van der Waals surface area (Å²) in [6, 6.07) is 16.9. The van der Waals surface area contributed by atoms with E-state index in [9.17, 15) is 0 Å². The zero-order valence-corrected chi connectivity index (χ0v) is 20.1. The molecule has 34 heavy (non-hydrogen) atoms. The standard InChI is InChI=1S/C28H30N6/c1-20-5-7-22(8-6-20)27-26(21-9-11-23(29-2)12-10-21)31-25(28-30-15-18-34(27)28)14-17-33-16-13-24(19-33)32(3)4/h5-12,15,18,24H,13-14,16-17,19H2,1,3-4H3/t24-/m1/s1. The number of fused-ring (bicyclic) bond motifs is 1. The Labute approximate surface area is 201 Å². The Balaban J connectivity index is 1.57. The third-order valence-corrected chi connectivity index (χ3v) is 6.85. The first-order valence-electron chi connectivity index (χ1n) is 11.8. The number of likely N-dealkylation sites (tertiary alicyclic amines) is 1. The maximum atomic E-state index is 7.30. The lowest BCUT2D eigenvalue weighted by Crippen LogP contribution is -2.32. The minimum Gasteiger partial charge on any atom is -0.305 e. The van der Waals surface area contributed by atoms with Gasteiger partial charge in [-0.3, -0.25) is 4.40 Å². The first-order valence-corrected chi connectivity index (χ1v) is 11.8. The number of hydrogen-bond donors (Lipinski definition) is 0. The lowest BCUT2D eigenvalue weighted by Gasteiger charge is -2.21. The van der Waals surface area contributed by atoms with Crippen LogP contribution >= 0.6 is 0 Å². The highest BCUT2D eigenvalue weighted by molar-refractivity contribution is 5.81. The molecule has 5 rings (SSSR count). The van der Waals surface area contributed by atoms with E-state index in [1.807, 2.05) is 36.7 Å². The van der Waals surface area contributed by atoms with Crippen LogP contribution in [0.5, 0.6) is 0 Å². The molecule has 3 heterocycles. The SMILES string of the molecule is [C-]#[N+]c1ccc(-c2nc(CCN3CC[C@@H](N(C)C)C3)c3nccn3c2-c2ccc(C)cc2)cc1. The smallest absolute Gasteiger partial charge is 0.187 e. The summed E-state index contributed by atoms with van der Waals surface area (Å²) in [6.07, 6.45) is 5.96. The van der Waals surface area contributed by atoms with Gasteiger partial charge in [-0.15, -0.1) is 0 Å². The molecule has 1 saturated heterocycles. The van der Waals surface area contributed by atoms with Crippen LogP contribution in [0.25, 0.3) is 33.0 Å². The molecule has 0 radical (unpaired) electrons. The molecule has 4 aromatic rings. The summed E-state index contributed by atoms with van der Waals surface area (Å²) in [4.78, 5) is 18.3. The van der Waals surface area contributed by atoms with E-state index >= 15 is 0 Å². The Morgan fingerprint density at radius 2 is 1.79 bits per heavy atom. The number of aryl methyl sites for hydroxylation is 1. The number of benzene rings is 2. The minimum atomic E-state index is 0.625. The van der Waals surface area contributed by atoms with E-state index in [4.69, 9.17) is 16.5 Å². The average molecular weight is 451 g/mol. The van der Waals surface area contributed by atoms with Gasteiger partial charge < -0.3 is 9.80 Å². The van der Waals surface area contributed by atoms with Gasteiger partial charge in [0.1, 0.15) is 0 Å². The van der Waals surface area contributed by atoms with Gasteiger partial charge in [0, 0.05) is 43.5 Å². The van der Waals surface area contributed by atoms with E-state index in [0.717, 1.165) is 59.9 Å². The van der Waals surface area contributed by atoms with Crippen LogP contribution in [0.2, 0.25) is 0 Å². The van der Waals surface area contributed by atoms with Crippen LogP contribution in [0.3, 0.4) is 0 Å². The Bertz CT molecular complexity index is 1330. The molecule has 1 atom stereocenters. The fourth-order valence-electron chi connectivity index (χ4n) is 4.80. The summed E-state index contributed by atoms with van der Waals surface area (Å²) in [5.41, 5.74) is 7.85. The Morgan fingerprint density at radius 3 is 2.47 bits per heavy atom. The number of aromatic nitrogens is 3. The second-order valence-electron chi connectivity index (χ2n) is 9.36. The molecular weight excluding hydrogens is 420 g/mol. The van der Waals surface area contributed by atoms with Crippen molar-refractivity contribution in [3.05, 3.63) is 83.6 Å². The number of rotatable bonds is 6. The van der Waals surface area contributed by atoms with Crippen molar-refractivity contribution in [3.63, 3.8) is 0 Å². The van der Waals surface area contributed by atoms with E-state index in [1.165, 1.54) is 12.0 Å². The summed E-state index contributed by atoms with van der Waals surface area (Å²) in [5.74, 6) is 0. The monoisotopic (exact) mass is 450 g/mol. The Morgan fingerprint density at radius 1 is 1.06 bits per heavy atom. The molecule has 2 aromatic carbocycles. The highest BCUT2D eigenvalue weighted by Gasteiger charge is 2.24. The van der Waals surface area contributed by atoms with Crippen molar-refractivity contribution in [3.8, 4) is 22.5 Å². The van der Waals surface area contributed by atoms with Crippen molar-refractivity contribution in [2.45, 2.75) is 25.8 Å². The fraction of sp³-hybridized carbons (Fsp3) is 0.321. The van der Waals surface area contributed by atoms with Gasteiger partial charge in [-0.05, 0) is 39.5 Å². The third-order valence-electron chi connectivity index (χ3n) is 6.85. The molecule has 2 aromatic heterocycles. The first kappa shape index (κ1) is 22.3. The zero-order valence-electron chi connectivity index (χ0n) is 20.1. The van der Waals surface area contributed by atoms with Gasteiger partial charge in [0.15, 0.2) is 11.3 Å². The molecule has 0 bridgehead atoms. The molecule has 0 saturated carbocycles. The van der Waals surface area contributed by atoms with Crippen molar-refractivity contribution in [2.24, 2.45) is 0 Å². The van der Waals surface area contributed by atoms with Crippen molar-refractivity contribution in [2.75, 3.05) is 33.7 Å². The number of likely N-dealkylation sites (N-methyl/N-ethyl adjacent to an activating group) is 1. The van der Waals surface area contributed by atoms with Crippen molar-refractivity contribution < 1.29 is 0 Å². The van der Waals surface area contributed by atoms with Gasteiger partial charge in [-0.2, -0.15) is 0 Å². The average Bonchev–Trinajstić information content (AvgIpc) is 3.53. The molecular formula is C28H30N6. The summed E-state index contributed by atoms with van der Waals surface area (Å²) >= 11 is 0. The quantitative estimate of drug-likeness (QED) is 0.383. The number of imidazole rings is 1. The lowest BCUT2D eigenvalue weighted by atomic mass is 10.0. The van der Waals surface area contributed by atoms with Gasteiger partial charge in [-0.25, -0.2) is 14.8 Å².